The molecule has 0 bridgehead atoms. The lowest BCUT2D eigenvalue weighted by atomic mass is 10.0. The zero-order valence-corrected chi connectivity index (χ0v) is 20.2. The number of pyridine rings is 1. The quantitative estimate of drug-likeness (QED) is 0.262. The van der Waals surface area contributed by atoms with Crippen molar-refractivity contribution < 1.29 is 4.79 Å². The Bertz CT molecular complexity index is 1410. The number of hydrogen-bond acceptors (Lipinski definition) is 5. The van der Waals surface area contributed by atoms with E-state index in [4.69, 9.17) is 28.2 Å². The highest BCUT2D eigenvalue weighted by molar-refractivity contribution is 7.99. The van der Waals surface area contributed by atoms with E-state index < -0.39 is 0 Å². The molecule has 33 heavy (non-hydrogen) atoms. The summed E-state index contributed by atoms with van der Waals surface area (Å²) in [5.41, 5.74) is 2.16. The molecule has 0 radical (unpaired) electrons. The number of halogens is 2. The minimum absolute atomic E-state index is 0.00919. The maximum absolute atomic E-state index is 13.5. The highest BCUT2D eigenvalue weighted by Gasteiger charge is 2.18. The van der Waals surface area contributed by atoms with Crippen LogP contribution < -0.4 is 10.9 Å². The van der Waals surface area contributed by atoms with Crippen LogP contribution in [0.5, 0.6) is 0 Å². The second-order valence-electron chi connectivity index (χ2n) is 7.59. The molecule has 0 spiro atoms. The number of hydrogen-bond donors (Lipinski definition) is 1. The smallest absolute Gasteiger partial charge is 0.266 e. The number of para-hydroxylation sites is 2. The summed E-state index contributed by atoms with van der Waals surface area (Å²) in [6.45, 7) is 4.14. The molecule has 2 aromatic heterocycles. The molecule has 9 heteroatoms. The van der Waals surface area contributed by atoms with Gasteiger partial charge in [0.25, 0.3) is 5.56 Å². The van der Waals surface area contributed by atoms with Gasteiger partial charge in [0.15, 0.2) is 11.0 Å². The first-order chi connectivity index (χ1) is 15.8. The maximum atomic E-state index is 13.5. The molecule has 0 aliphatic carbocycles. The molecule has 2 heterocycles. The highest BCUT2D eigenvalue weighted by atomic mass is 35.5. The topological polar surface area (TPSA) is 76.9 Å². The highest BCUT2D eigenvalue weighted by Crippen LogP contribution is 2.28. The molecule has 0 saturated heterocycles. The lowest BCUT2D eigenvalue weighted by Crippen LogP contribution is -2.24. The Labute approximate surface area is 205 Å². The predicted octanol–water partition coefficient (Wildman–Crippen LogP) is 5.94. The molecular formula is C24H20Cl2N4O2S. The van der Waals surface area contributed by atoms with Gasteiger partial charge in [-0.3, -0.25) is 14.2 Å². The largest absolute Gasteiger partial charge is 0.309 e. The Kier molecular flexibility index (Phi) is 7.02. The normalized spacial score (nSPS) is 11.2. The van der Waals surface area contributed by atoms with Crippen LogP contribution >= 0.6 is 35.0 Å². The number of thioether (sulfide) groups is 1. The average molecular weight is 499 g/mol. The Hall–Kier alpha value is -2.87. The minimum atomic E-state index is -0.331. The summed E-state index contributed by atoms with van der Waals surface area (Å²) < 4.78 is 1.59. The lowest BCUT2D eigenvalue weighted by molar-refractivity contribution is -0.113. The average Bonchev–Trinajstić information content (AvgIpc) is 2.79. The van der Waals surface area contributed by atoms with Gasteiger partial charge in [-0.05, 0) is 35.7 Å². The van der Waals surface area contributed by atoms with Crippen molar-refractivity contribution in [3.05, 3.63) is 86.8 Å². The fraction of sp³-hybridized carbons (Fsp3) is 0.167. The van der Waals surface area contributed by atoms with E-state index in [0.717, 1.165) is 11.3 Å². The third kappa shape index (κ3) is 5.05. The summed E-state index contributed by atoms with van der Waals surface area (Å²) in [4.78, 5) is 34.9. The fourth-order valence-corrected chi connectivity index (χ4v) is 4.64. The second kappa shape index (κ2) is 9.95. The number of benzene rings is 2. The van der Waals surface area contributed by atoms with Crippen LogP contribution in [0.3, 0.4) is 0 Å². The third-order valence-electron chi connectivity index (χ3n) is 4.94. The fourth-order valence-electron chi connectivity index (χ4n) is 3.41. The number of nitrogens with zero attached hydrogens (tertiary/aromatic N) is 3. The van der Waals surface area contributed by atoms with Gasteiger partial charge in [0.05, 0.1) is 32.4 Å². The monoisotopic (exact) mass is 498 g/mol. The van der Waals surface area contributed by atoms with Crippen LogP contribution in [0.1, 0.15) is 25.3 Å². The van der Waals surface area contributed by atoms with E-state index in [1.807, 2.05) is 36.4 Å². The van der Waals surface area contributed by atoms with Crippen molar-refractivity contribution in [2.45, 2.75) is 24.9 Å². The number of carbonyl (C=O) groups is 1. The minimum Gasteiger partial charge on any atom is -0.309 e. The van der Waals surface area contributed by atoms with Crippen LogP contribution in [0.4, 0.5) is 5.82 Å². The zero-order valence-electron chi connectivity index (χ0n) is 17.9. The first-order valence-corrected chi connectivity index (χ1v) is 11.9. The van der Waals surface area contributed by atoms with Crippen molar-refractivity contribution in [1.82, 2.24) is 14.5 Å². The second-order valence-corrected chi connectivity index (χ2v) is 9.37. The molecule has 1 N–H and O–H groups in total. The first kappa shape index (κ1) is 23.3. The van der Waals surface area contributed by atoms with Crippen molar-refractivity contribution in [3.63, 3.8) is 0 Å². The van der Waals surface area contributed by atoms with Gasteiger partial charge in [-0.25, -0.2) is 9.97 Å². The molecule has 2 aromatic carbocycles. The molecule has 1 amide bonds. The number of fused-ring (bicyclic) bond motifs is 1. The van der Waals surface area contributed by atoms with Gasteiger partial charge in [0, 0.05) is 6.20 Å². The van der Waals surface area contributed by atoms with Crippen molar-refractivity contribution in [3.8, 4) is 5.69 Å². The Morgan fingerprint density at radius 1 is 1.12 bits per heavy atom. The molecule has 0 aliphatic heterocycles. The summed E-state index contributed by atoms with van der Waals surface area (Å²) in [6.07, 6.45) is 1.40. The van der Waals surface area contributed by atoms with E-state index in [2.05, 4.69) is 24.1 Å². The molecule has 4 aromatic rings. The van der Waals surface area contributed by atoms with E-state index in [1.54, 1.807) is 16.7 Å². The Morgan fingerprint density at radius 3 is 2.61 bits per heavy atom. The van der Waals surface area contributed by atoms with Crippen molar-refractivity contribution >= 4 is 57.6 Å². The van der Waals surface area contributed by atoms with E-state index in [0.29, 0.717) is 21.1 Å². The Morgan fingerprint density at radius 2 is 1.85 bits per heavy atom. The van der Waals surface area contributed by atoms with E-state index in [1.165, 1.54) is 24.0 Å². The predicted molar refractivity (Wildman–Crippen MR) is 135 cm³/mol. The SMILES string of the molecule is CC(C)c1ccccc1-n1c(SCC(=O)Nc2ncc(Cl)cc2Cl)nc2ccccc2c1=O. The summed E-state index contributed by atoms with van der Waals surface area (Å²) in [6, 6.07) is 16.4. The van der Waals surface area contributed by atoms with Crippen molar-refractivity contribution in [2.75, 3.05) is 11.1 Å². The molecule has 0 unspecified atom stereocenters. The van der Waals surface area contributed by atoms with Crippen LogP contribution in [0.2, 0.25) is 10.0 Å². The molecule has 168 valence electrons. The lowest BCUT2D eigenvalue weighted by Gasteiger charge is -2.18. The van der Waals surface area contributed by atoms with Gasteiger partial charge in [0.2, 0.25) is 5.91 Å². The van der Waals surface area contributed by atoms with Gasteiger partial charge in [-0.1, -0.05) is 79.1 Å². The molecule has 0 saturated carbocycles. The van der Waals surface area contributed by atoms with Crippen LogP contribution in [-0.2, 0) is 4.79 Å². The van der Waals surface area contributed by atoms with Crippen LogP contribution in [0.25, 0.3) is 16.6 Å². The van der Waals surface area contributed by atoms with E-state index >= 15 is 0 Å². The van der Waals surface area contributed by atoms with E-state index in [9.17, 15) is 9.59 Å². The molecular weight excluding hydrogens is 479 g/mol. The molecule has 0 atom stereocenters. The van der Waals surface area contributed by atoms with Gasteiger partial charge in [0.1, 0.15) is 0 Å². The van der Waals surface area contributed by atoms with Crippen LogP contribution in [-0.4, -0.2) is 26.2 Å². The number of nitrogens with one attached hydrogen (secondary N) is 1. The van der Waals surface area contributed by atoms with Gasteiger partial charge in [-0.2, -0.15) is 0 Å². The van der Waals surface area contributed by atoms with E-state index in [-0.39, 0.29) is 34.0 Å². The van der Waals surface area contributed by atoms with Crippen LogP contribution in [0, 0.1) is 0 Å². The number of carbonyl (C=O) groups excluding carboxylic acids is 1. The number of amides is 1. The standard InChI is InChI=1S/C24H20Cl2N4O2S/c1-14(2)16-7-4-6-10-20(16)30-23(32)17-8-3-5-9-19(17)28-24(30)33-13-21(31)29-22-18(26)11-15(25)12-27-22/h3-12,14H,13H2,1-2H3,(H,27,29,31). The summed E-state index contributed by atoms with van der Waals surface area (Å²) in [5.74, 6) is 0.0947. The number of anilines is 1. The molecule has 4 rings (SSSR count). The maximum Gasteiger partial charge on any atom is 0.266 e. The number of rotatable bonds is 6. The summed E-state index contributed by atoms with van der Waals surface area (Å²) in [5, 5.41) is 4.23. The van der Waals surface area contributed by atoms with Crippen molar-refractivity contribution in [1.29, 1.82) is 0 Å². The Balaban J connectivity index is 1.72. The van der Waals surface area contributed by atoms with Crippen molar-refractivity contribution in [2.24, 2.45) is 0 Å². The molecule has 6 nitrogen and oxygen atoms in total. The van der Waals surface area contributed by atoms with Crippen LogP contribution in [0.15, 0.2) is 70.7 Å². The summed E-state index contributed by atoms with van der Waals surface area (Å²) >= 11 is 13.1. The molecule has 0 aliphatic rings. The van der Waals surface area contributed by atoms with Gasteiger partial charge < -0.3 is 5.32 Å². The molecule has 0 fully saturated rings. The van der Waals surface area contributed by atoms with Gasteiger partial charge in [-0.15, -0.1) is 0 Å². The first-order valence-electron chi connectivity index (χ1n) is 10.2. The number of aromatic nitrogens is 3. The zero-order chi connectivity index (χ0) is 23.5. The summed E-state index contributed by atoms with van der Waals surface area (Å²) in [7, 11) is 0. The third-order valence-corrected chi connectivity index (χ3v) is 6.38. The van der Waals surface area contributed by atoms with Gasteiger partial charge >= 0.3 is 0 Å².